The molecule has 0 aliphatic carbocycles. The van der Waals surface area contributed by atoms with Crippen molar-refractivity contribution in [1.29, 1.82) is 0 Å². The van der Waals surface area contributed by atoms with Gasteiger partial charge in [0.25, 0.3) is 0 Å². The van der Waals surface area contributed by atoms with Crippen molar-refractivity contribution in [2.75, 3.05) is 18.4 Å². The Morgan fingerprint density at radius 1 is 1.53 bits per heavy atom. The molecular formula is C10H14ClN3O. The van der Waals surface area contributed by atoms with E-state index in [1.165, 1.54) is 6.20 Å². The highest BCUT2D eigenvalue weighted by molar-refractivity contribution is 6.30. The van der Waals surface area contributed by atoms with Gasteiger partial charge < -0.3 is 10.6 Å². The number of hydrogen-bond donors (Lipinski definition) is 2. The molecule has 0 atom stereocenters. The molecule has 82 valence electrons. The van der Waals surface area contributed by atoms with Crippen LogP contribution in [-0.4, -0.2) is 24.0 Å². The Morgan fingerprint density at radius 3 is 2.93 bits per heavy atom. The van der Waals surface area contributed by atoms with Gasteiger partial charge in [0.05, 0.1) is 11.6 Å². The number of pyridine rings is 1. The van der Waals surface area contributed by atoms with Gasteiger partial charge in [-0.25, -0.2) is 4.98 Å². The standard InChI is InChI=1S/C10H14ClN3O/c1-2-5-12-10(15)7-14-9-4-3-8(11)6-13-9/h3-4,6H,2,5,7H2,1H3,(H,12,15)(H,13,14). The van der Waals surface area contributed by atoms with Gasteiger partial charge in [-0.05, 0) is 18.6 Å². The van der Waals surface area contributed by atoms with Crippen molar-refractivity contribution >= 4 is 23.3 Å². The summed E-state index contributed by atoms with van der Waals surface area (Å²) < 4.78 is 0. The van der Waals surface area contributed by atoms with Crippen molar-refractivity contribution < 1.29 is 4.79 Å². The van der Waals surface area contributed by atoms with Crippen LogP contribution in [0.4, 0.5) is 5.82 Å². The highest BCUT2D eigenvalue weighted by Gasteiger charge is 1.99. The lowest BCUT2D eigenvalue weighted by molar-refractivity contribution is -0.119. The molecule has 15 heavy (non-hydrogen) atoms. The van der Waals surface area contributed by atoms with E-state index < -0.39 is 0 Å². The van der Waals surface area contributed by atoms with E-state index in [0.717, 1.165) is 6.42 Å². The van der Waals surface area contributed by atoms with Crippen LogP contribution in [0.15, 0.2) is 18.3 Å². The van der Waals surface area contributed by atoms with E-state index in [9.17, 15) is 4.79 Å². The number of anilines is 1. The highest BCUT2D eigenvalue weighted by Crippen LogP contribution is 2.08. The fourth-order valence-corrected chi connectivity index (χ4v) is 1.09. The number of carbonyl (C=O) groups is 1. The zero-order valence-corrected chi connectivity index (χ0v) is 9.34. The van der Waals surface area contributed by atoms with Crippen molar-refractivity contribution in [3.05, 3.63) is 23.4 Å². The van der Waals surface area contributed by atoms with E-state index >= 15 is 0 Å². The van der Waals surface area contributed by atoms with Crippen molar-refractivity contribution in [2.24, 2.45) is 0 Å². The summed E-state index contributed by atoms with van der Waals surface area (Å²) in [7, 11) is 0. The highest BCUT2D eigenvalue weighted by atomic mass is 35.5. The summed E-state index contributed by atoms with van der Waals surface area (Å²) in [5, 5.41) is 6.24. The molecule has 1 rings (SSSR count). The molecule has 0 bridgehead atoms. The van der Waals surface area contributed by atoms with E-state index in [2.05, 4.69) is 15.6 Å². The number of halogens is 1. The topological polar surface area (TPSA) is 54.0 Å². The first kappa shape index (κ1) is 11.8. The molecule has 0 aliphatic rings. The second kappa shape index (κ2) is 6.24. The van der Waals surface area contributed by atoms with Crippen LogP contribution >= 0.6 is 11.6 Å². The van der Waals surface area contributed by atoms with E-state index in [4.69, 9.17) is 11.6 Å². The van der Waals surface area contributed by atoms with Gasteiger partial charge in [-0.3, -0.25) is 4.79 Å². The average Bonchev–Trinajstić information content (AvgIpc) is 2.25. The van der Waals surface area contributed by atoms with Gasteiger partial charge in [-0.2, -0.15) is 0 Å². The molecule has 1 aromatic heterocycles. The molecule has 0 saturated heterocycles. The molecule has 5 heteroatoms. The summed E-state index contributed by atoms with van der Waals surface area (Å²) in [5.74, 6) is 0.611. The van der Waals surface area contributed by atoms with Crippen LogP contribution in [0.3, 0.4) is 0 Å². The van der Waals surface area contributed by atoms with Crippen LogP contribution in [0.2, 0.25) is 5.02 Å². The third kappa shape index (κ3) is 4.65. The first-order chi connectivity index (χ1) is 7.22. The molecule has 4 nitrogen and oxygen atoms in total. The smallest absolute Gasteiger partial charge is 0.239 e. The predicted molar refractivity (Wildman–Crippen MR) is 61.0 cm³/mol. The van der Waals surface area contributed by atoms with E-state index in [1.807, 2.05) is 6.92 Å². The number of carbonyl (C=O) groups excluding carboxylic acids is 1. The molecule has 0 unspecified atom stereocenters. The summed E-state index contributed by atoms with van der Waals surface area (Å²) in [4.78, 5) is 15.2. The molecule has 1 amide bonds. The van der Waals surface area contributed by atoms with Gasteiger partial charge in [-0.1, -0.05) is 18.5 Å². The third-order valence-electron chi connectivity index (χ3n) is 1.73. The maximum absolute atomic E-state index is 11.2. The van der Waals surface area contributed by atoms with Crippen molar-refractivity contribution in [3.63, 3.8) is 0 Å². The second-order valence-electron chi connectivity index (χ2n) is 3.07. The van der Waals surface area contributed by atoms with Crippen molar-refractivity contribution in [1.82, 2.24) is 10.3 Å². The zero-order chi connectivity index (χ0) is 11.1. The minimum absolute atomic E-state index is 0.0337. The minimum Gasteiger partial charge on any atom is -0.361 e. The Bertz CT molecular complexity index is 313. The summed E-state index contributed by atoms with van der Waals surface area (Å²) in [6.45, 7) is 2.94. The quantitative estimate of drug-likeness (QED) is 0.805. The Morgan fingerprint density at radius 2 is 2.33 bits per heavy atom. The summed E-state index contributed by atoms with van der Waals surface area (Å²) >= 11 is 5.67. The molecule has 0 aromatic carbocycles. The van der Waals surface area contributed by atoms with Crippen LogP contribution in [-0.2, 0) is 4.79 Å². The Kier molecular flexibility index (Phi) is 4.90. The molecule has 0 spiro atoms. The minimum atomic E-state index is -0.0337. The lowest BCUT2D eigenvalue weighted by Crippen LogP contribution is -2.30. The number of nitrogens with one attached hydrogen (secondary N) is 2. The van der Waals surface area contributed by atoms with Crippen LogP contribution < -0.4 is 10.6 Å². The number of amides is 1. The lowest BCUT2D eigenvalue weighted by Gasteiger charge is -2.05. The molecule has 0 saturated carbocycles. The first-order valence-corrected chi connectivity index (χ1v) is 5.22. The summed E-state index contributed by atoms with van der Waals surface area (Å²) in [6.07, 6.45) is 2.47. The van der Waals surface area contributed by atoms with Gasteiger partial charge >= 0.3 is 0 Å². The van der Waals surface area contributed by atoms with E-state index in [0.29, 0.717) is 17.4 Å². The molecule has 0 radical (unpaired) electrons. The Labute approximate surface area is 94.0 Å². The molecule has 0 aliphatic heterocycles. The number of nitrogens with zero attached hydrogens (tertiary/aromatic N) is 1. The number of hydrogen-bond acceptors (Lipinski definition) is 3. The van der Waals surface area contributed by atoms with Gasteiger partial charge in [0.15, 0.2) is 0 Å². The summed E-state index contributed by atoms with van der Waals surface area (Å²) in [6, 6.07) is 3.45. The number of aromatic nitrogens is 1. The van der Waals surface area contributed by atoms with Gasteiger partial charge in [0.2, 0.25) is 5.91 Å². The number of rotatable bonds is 5. The molecule has 2 N–H and O–H groups in total. The van der Waals surface area contributed by atoms with Gasteiger partial charge in [-0.15, -0.1) is 0 Å². The molecular weight excluding hydrogens is 214 g/mol. The van der Waals surface area contributed by atoms with Crippen LogP contribution in [0.1, 0.15) is 13.3 Å². The van der Waals surface area contributed by atoms with E-state index in [1.54, 1.807) is 12.1 Å². The second-order valence-corrected chi connectivity index (χ2v) is 3.50. The molecule has 1 aromatic rings. The van der Waals surface area contributed by atoms with Gasteiger partial charge in [0.1, 0.15) is 5.82 Å². The monoisotopic (exact) mass is 227 g/mol. The SMILES string of the molecule is CCCNC(=O)CNc1ccc(Cl)cn1. The van der Waals surface area contributed by atoms with E-state index in [-0.39, 0.29) is 12.5 Å². The van der Waals surface area contributed by atoms with Crippen LogP contribution in [0, 0.1) is 0 Å². The Hall–Kier alpha value is -1.29. The van der Waals surface area contributed by atoms with Crippen molar-refractivity contribution in [3.8, 4) is 0 Å². The van der Waals surface area contributed by atoms with Gasteiger partial charge in [0, 0.05) is 12.7 Å². The largest absolute Gasteiger partial charge is 0.361 e. The predicted octanol–water partition coefficient (Wildman–Crippen LogP) is 1.67. The Balaban J connectivity index is 2.30. The average molecular weight is 228 g/mol. The fraction of sp³-hybridized carbons (Fsp3) is 0.400. The zero-order valence-electron chi connectivity index (χ0n) is 8.59. The maximum Gasteiger partial charge on any atom is 0.239 e. The molecule has 1 heterocycles. The summed E-state index contributed by atoms with van der Waals surface area (Å²) in [5.41, 5.74) is 0. The maximum atomic E-state index is 11.2. The molecule has 0 fully saturated rings. The fourth-order valence-electron chi connectivity index (χ4n) is 0.978. The van der Waals surface area contributed by atoms with Crippen molar-refractivity contribution in [2.45, 2.75) is 13.3 Å². The lowest BCUT2D eigenvalue weighted by atomic mass is 10.4. The third-order valence-corrected chi connectivity index (χ3v) is 1.95. The normalized spacial score (nSPS) is 9.73. The van der Waals surface area contributed by atoms with Crippen LogP contribution in [0.5, 0.6) is 0 Å². The first-order valence-electron chi connectivity index (χ1n) is 4.84. The van der Waals surface area contributed by atoms with Crippen LogP contribution in [0.25, 0.3) is 0 Å².